The molecule has 1 aliphatic heterocycles. The molecule has 2 atom stereocenters. The molecule has 36 heavy (non-hydrogen) atoms. The van der Waals surface area contributed by atoms with Gasteiger partial charge >= 0.3 is 0 Å². The van der Waals surface area contributed by atoms with Gasteiger partial charge in [0.2, 0.25) is 10.0 Å². The summed E-state index contributed by atoms with van der Waals surface area (Å²) in [5.74, 6) is 1.71. The van der Waals surface area contributed by atoms with E-state index in [2.05, 4.69) is 27.8 Å². The summed E-state index contributed by atoms with van der Waals surface area (Å²) in [5.41, 5.74) is 3.91. The Morgan fingerprint density at radius 2 is 1.78 bits per heavy atom. The van der Waals surface area contributed by atoms with Crippen molar-refractivity contribution in [2.45, 2.75) is 56.9 Å². The van der Waals surface area contributed by atoms with E-state index in [1.165, 1.54) is 29.5 Å². The minimum Gasteiger partial charge on any atom is -0.492 e. The lowest BCUT2D eigenvalue weighted by atomic mass is 9.75. The second-order valence-electron chi connectivity index (χ2n) is 10.2. The average molecular weight is 574 g/mol. The molecule has 0 radical (unpaired) electrons. The standard InChI is InChI=1S/C27H34Cl2N2O3S.ClH/c28-25-9-5-20(16-26(25)29)15-24-23-17-22(34-14-11-30-35(32,33)18-19-3-4-19)8-6-21(23)7-10-27(24)31-12-1-2-13-31;/h5-6,8-9,16-17,19,24,27,30H,1-4,7,10-15,18H2;1H. The van der Waals surface area contributed by atoms with Crippen LogP contribution in [0.5, 0.6) is 5.75 Å². The fourth-order valence-electron chi connectivity index (χ4n) is 5.64. The molecule has 1 heterocycles. The molecule has 9 heteroatoms. The van der Waals surface area contributed by atoms with E-state index in [9.17, 15) is 8.42 Å². The van der Waals surface area contributed by atoms with E-state index in [0.29, 0.717) is 34.5 Å². The smallest absolute Gasteiger partial charge is 0.211 e. The SMILES string of the molecule is Cl.O=S(=O)(CC1CC1)NCCOc1ccc2c(c1)C(Cc1ccc(Cl)c(Cl)c1)C(N1CCCC1)CC2. The number of nitrogens with zero attached hydrogens (tertiary/aromatic N) is 1. The molecule has 1 saturated heterocycles. The molecule has 0 aromatic heterocycles. The van der Waals surface area contributed by atoms with E-state index in [1.54, 1.807) is 0 Å². The molecule has 198 valence electrons. The number of rotatable bonds is 10. The quantitative estimate of drug-likeness (QED) is 0.362. The molecular weight excluding hydrogens is 539 g/mol. The fraction of sp³-hybridized carbons (Fsp3) is 0.556. The predicted octanol–water partition coefficient (Wildman–Crippen LogP) is 5.86. The largest absolute Gasteiger partial charge is 0.492 e. The number of halogens is 3. The lowest BCUT2D eigenvalue weighted by molar-refractivity contribution is 0.188. The number of likely N-dealkylation sites (tertiary alicyclic amines) is 1. The molecule has 2 fully saturated rings. The predicted molar refractivity (Wildman–Crippen MR) is 150 cm³/mol. The van der Waals surface area contributed by atoms with Crippen LogP contribution in [0.15, 0.2) is 36.4 Å². The first-order valence-corrected chi connectivity index (χ1v) is 15.2. The zero-order chi connectivity index (χ0) is 24.4. The zero-order valence-corrected chi connectivity index (χ0v) is 23.6. The Morgan fingerprint density at radius 1 is 1.00 bits per heavy atom. The van der Waals surface area contributed by atoms with Gasteiger partial charge in [-0.25, -0.2) is 13.1 Å². The highest BCUT2D eigenvalue weighted by Gasteiger charge is 2.35. The van der Waals surface area contributed by atoms with Gasteiger partial charge in [-0.1, -0.05) is 35.3 Å². The first-order valence-electron chi connectivity index (χ1n) is 12.8. The first-order chi connectivity index (χ1) is 16.9. The normalized spacial score (nSPS) is 22.2. The molecule has 1 N–H and O–H groups in total. The number of benzene rings is 2. The van der Waals surface area contributed by atoms with Crippen LogP contribution in [0.3, 0.4) is 0 Å². The van der Waals surface area contributed by atoms with E-state index in [1.807, 2.05) is 18.2 Å². The van der Waals surface area contributed by atoms with E-state index >= 15 is 0 Å². The molecule has 1 saturated carbocycles. The van der Waals surface area contributed by atoms with Crippen LogP contribution < -0.4 is 9.46 Å². The maximum absolute atomic E-state index is 12.1. The molecule has 2 aromatic rings. The van der Waals surface area contributed by atoms with Gasteiger partial charge in [0.05, 0.1) is 15.8 Å². The summed E-state index contributed by atoms with van der Waals surface area (Å²) in [4.78, 5) is 2.66. The fourth-order valence-corrected chi connectivity index (χ4v) is 7.43. The van der Waals surface area contributed by atoms with Crippen molar-refractivity contribution < 1.29 is 13.2 Å². The van der Waals surface area contributed by atoms with Gasteiger partial charge in [-0.2, -0.15) is 0 Å². The van der Waals surface area contributed by atoms with Gasteiger partial charge in [0.15, 0.2) is 0 Å². The monoisotopic (exact) mass is 572 g/mol. The maximum Gasteiger partial charge on any atom is 0.211 e. The highest BCUT2D eigenvalue weighted by molar-refractivity contribution is 7.89. The summed E-state index contributed by atoms with van der Waals surface area (Å²) in [5, 5.41) is 1.18. The summed E-state index contributed by atoms with van der Waals surface area (Å²) in [6.07, 6.45) is 7.70. The Bertz CT molecular complexity index is 1150. The summed E-state index contributed by atoms with van der Waals surface area (Å²) in [6.45, 7) is 2.93. The third-order valence-corrected chi connectivity index (χ3v) is 9.88. The minimum absolute atomic E-state index is 0. The molecule has 3 aliphatic rings. The van der Waals surface area contributed by atoms with Crippen LogP contribution in [0.1, 0.15) is 54.7 Å². The lowest BCUT2D eigenvalue weighted by Crippen LogP contribution is -2.41. The first kappa shape index (κ1) is 28.0. The summed E-state index contributed by atoms with van der Waals surface area (Å²) in [6, 6.07) is 12.8. The Hall–Kier alpha value is -1.02. The summed E-state index contributed by atoms with van der Waals surface area (Å²) < 4.78 is 32.9. The van der Waals surface area contributed by atoms with Crippen molar-refractivity contribution in [2.75, 3.05) is 32.0 Å². The number of fused-ring (bicyclic) bond motifs is 1. The minimum atomic E-state index is -3.21. The Labute approximate surface area is 231 Å². The van der Waals surface area contributed by atoms with Gasteiger partial charge in [0.1, 0.15) is 12.4 Å². The second-order valence-corrected chi connectivity index (χ2v) is 12.9. The van der Waals surface area contributed by atoms with Gasteiger partial charge in [0.25, 0.3) is 0 Å². The van der Waals surface area contributed by atoms with Crippen molar-refractivity contribution in [3.63, 3.8) is 0 Å². The molecule has 5 rings (SSSR count). The Morgan fingerprint density at radius 3 is 2.50 bits per heavy atom. The summed E-state index contributed by atoms with van der Waals surface area (Å²) >= 11 is 12.5. The Kier molecular flexibility index (Phi) is 9.51. The number of hydrogen-bond donors (Lipinski definition) is 1. The molecule has 0 bridgehead atoms. The van der Waals surface area contributed by atoms with Crippen molar-refractivity contribution in [3.8, 4) is 5.75 Å². The number of sulfonamides is 1. The molecular formula is C27H35Cl3N2O3S. The molecule has 0 amide bonds. The van der Waals surface area contributed by atoms with Gasteiger partial charge in [-0.15, -0.1) is 12.4 Å². The van der Waals surface area contributed by atoms with E-state index in [-0.39, 0.29) is 24.7 Å². The zero-order valence-electron chi connectivity index (χ0n) is 20.4. The molecule has 0 spiro atoms. The lowest BCUT2D eigenvalue weighted by Gasteiger charge is -2.39. The Balaban J connectivity index is 0.00000304. The number of ether oxygens (including phenoxy) is 1. The van der Waals surface area contributed by atoms with Crippen LogP contribution in [0.2, 0.25) is 10.0 Å². The van der Waals surface area contributed by atoms with Crippen LogP contribution in [-0.4, -0.2) is 51.4 Å². The summed E-state index contributed by atoms with van der Waals surface area (Å²) in [7, 11) is -3.21. The molecule has 2 unspecified atom stereocenters. The number of hydrogen-bond acceptors (Lipinski definition) is 4. The average Bonchev–Trinajstić information content (AvgIpc) is 3.46. The third kappa shape index (κ3) is 7.09. The second kappa shape index (κ2) is 12.2. The third-order valence-electron chi connectivity index (χ3n) is 7.58. The maximum atomic E-state index is 12.1. The van der Waals surface area contributed by atoms with Crippen LogP contribution in [0.25, 0.3) is 0 Å². The molecule has 2 aliphatic carbocycles. The van der Waals surface area contributed by atoms with Gasteiger partial charge in [0, 0.05) is 18.5 Å². The van der Waals surface area contributed by atoms with E-state index < -0.39 is 10.0 Å². The number of nitrogens with one attached hydrogen (secondary N) is 1. The van der Waals surface area contributed by atoms with Crippen molar-refractivity contribution in [2.24, 2.45) is 5.92 Å². The van der Waals surface area contributed by atoms with Crippen LogP contribution in [0.4, 0.5) is 0 Å². The van der Waals surface area contributed by atoms with Crippen LogP contribution >= 0.6 is 35.6 Å². The molecule has 5 nitrogen and oxygen atoms in total. The van der Waals surface area contributed by atoms with Gasteiger partial charge in [-0.05, 0) is 105 Å². The van der Waals surface area contributed by atoms with Crippen molar-refractivity contribution in [1.29, 1.82) is 0 Å². The van der Waals surface area contributed by atoms with Crippen LogP contribution in [0, 0.1) is 5.92 Å². The van der Waals surface area contributed by atoms with Gasteiger partial charge in [-0.3, -0.25) is 4.90 Å². The van der Waals surface area contributed by atoms with Gasteiger partial charge < -0.3 is 4.74 Å². The highest BCUT2D eigenvalue weighted by Crippen LogP contribution is 2.40. The van der Waals surface area contributed by atoms with Crippen molar-refractivity contribution >= 4 is 45.6 Å². The van der Waals surface area contributed by atoms with Crippen molar-refractivity contribution in [1.82, 2.24) is 9.62 Å². The molecule has 2 aromatic carbocycles. The number of aryl methyl sites for hydroxylation is 1. The van der Waals surface area contributed by atoms with Crippen LogP contribution in [-0.2, 0) is 22.9 Å². The van der Waals surface area contributed by atoms with E-state index in [4.69, 9.17) is 27.9 Å². The van der Waals surface area contributed by atoms with E-state index in [0.717, 1.165) is 50.9 Å². The topological polar surface area (TPSA) is 58.6 Å². The highest BCUT2D eigenvalue weighted by atomic mass is 35.5. The van der Waals surface area contributed by atoms with Crippen molar-refractivity contribution in [3.05, 3.63) is 63.1 Å².